The van der Waals surface area contributed by atoms with Crippen molar-refractivity contribution in [1.29, 1.82) is 0 Å². The molecular formula is C5H9F3N. The van der Waals surface area contributed by atoms with Crippen LogP contribution in [-0.2, 0) is 0 Å². The topological polar surface area (TPSA) is 14.1 Å². The zero-order valence-corrected chi connectivity index (χ0v) is 5.20. The van der Waals surface area contributed by atoms with Gasteiger partial charge in [-0.25, -0.2) is 0 Å². The van der Waals surface area contributed by atoms with Crippen LogP contribution in [0.4, 0.5) is 13.2 Å². The Morgan fingerprint density at radius 1 is 1.33 bits per heavy atom. The largest absolute Gasteiger partial charge is 0.473 e. The van der Waals surface area contributed by atoms with E-state index in [0.29, 0.717) is 6.42 Å². The summed E-state index contributed by atoms with van der Waals surface area (Å²) in [5, 5.41) is 2.45. The predicted molar refractivity (Wildman–Crippen MR) is 28.0 cm³/mol. The number of alkyl halides is 3. The Balaban J connectivity index is 3.07. The summed E-state index contributed by atoms with van der Waals surface area (Å²) in [6.07, 6.45) is -3.06. The zero-order chi connectivity index (χ0) is 7.33. The summed E-state index contributed by atoms with van der Waals surface area (Å²) in [6.45, 7) is 1.73. The third-order valence-electron chi connectivity index (χ3n) is 0.803. The zero-order valence-electron chi connectivity index (χ0n) is 5.20. The Hall–Kier alpha value is -0.250. The molecule has 1 radical (unpaired) electrons. The minimum Gasteiger partial charge on any atom is -0.154 e. The summed E-state index contributed by atoms with van der Waals surface area (Å²) in [7, 11) is 0. The number of nitrogens with zero attached hydrogens (tertiary/aromatic N) is 1. The van der Waals surface area contributed by atoms with Gasteiger partial charge < -0.3 is 0 Å². The van der Waals surface area contributed by atoms with Gasteiger partial charge in [-0.2, -0.15) is 13.2 Å². The van der Waals surface area contributed by atoms with Gasteiger partial charge in [0.25, 0.3) is 0 Å². The van der Waals surface area contributed by atoms with Crippen molar-refractivity contribution in [2.45, 2.75) is 26.1 Å². The molecule has 9 heavy (non-hydrogen) atoms. The molecule has 0 aromatic rings. The molecule has 4 heteroatoms. The molecule has 55 valence electrons. The van der Waals surface area contributed by atoms with Gasteiger partial charge in [-0.05, 0) is 6.42 Å². The molecule has 0 N–H and O–H groups in total. The normalized spacial score (nSPS) is 12.0. The second-order valence-electron chi connectivity index (χ2n) is 1.70. The van der Waals surface area contributed by atoms with Crippen LogP contribution in [0.3, 0.4) is 0 Å². The lowest BCUT2D eigenvalue weighted by molar-refractivity contribution is -0.160. The van der Waals surface area contributed by atoms with Crippen LogP contribution in [-0.4, -0.2) is 12.8 Å². The molecule has 0 aliphatic carbocycles. The predicted octanol–water partition coefficient (Wildman–Crippen LogP) is 1.91. The van der Waals surface area contributed by atoms with Crippen molar-refractivity contribution in [1.82, 2.24) is 5.32 Å². The standard InChI is InChI=1S/C5H9F3N/c1-2-3-4-9-5(6,7)8/h2-4H2,1H3. The van der Waals surface area contributed by atoms with E-state index in [2.05, 4.69) is 5.32 Å². The monoisotopic (exact) mass is 140 g/mol. The molecule has 0 amide bonds. The highest BCUT2D eigenvalue weighted by Crippen LogP contribution is 2.10. The Labute approximate surface area is 52.2 Å². The molecule has 0 aliphatic rings. The Morgan fingerprint density at radius 2 is 1.89 bits per heavy atom. The first-order chi connectivity index (χ1) is 4.06. The third kappa shape index (κ3) is 7.75. The first kappa shape index (κ1) is 8.75. The van der Waals surface area contributed by atoms with Crippen LogP contribution >= 0.6 is 0 Å². The third-order valence-corrected chi connectivity index (χ3v) is 0.803. The summed E-state index contributed by atoms with van der Waals surface area (Å²) in [6, 6.07) is 0. The van der Waals surface area contributed by atoms with Crippen molar-refractivity contribution < 1.29 is 13.2 Å². The van der Waals surface area contributed by atoms with Crippen LogP contribution < -0.4 is 5.32 Å². The van der Waals surface area contributed by atoms with Crippen molar-refractivity contribution in [2.24, 2.45) is 0 Å². The lowest BCUT2D eigenvalue weighted by Gasteiger charge is -2.03. The van der Waals surface area contributed by atoms with Crippen molar-refractivity contribution in [3.05, 3.63) is 0 Å². The molecule has 0 atom stereocenters. The Kier molecular flexibility index (Phi) is 3.61. The second-order valence-corrected chi connectivity index (χ2v) is 1.70. The molecule has 0 aliphatic heterocycles. The highest BCUT2D eigenvalue weighted by molar-refractivity contribution is 4.46. The first-order valence-corrected chi connectivity index (χ1v) is 2.81. The number of halogens is 3. The minimum atomic E-state index is -4.32. The van der Waals surface area contributed by atoms with E-state index in [-0.39, 0.29) is 6.54 Å². The van der Waals surface area contributed by atoms with Crippen molar-refractivity contribution in [3.63, 3.8) is 0 Å². The van der Waals surface area contributed by atoms with Gasteiger partial charge in [-0.3, -0.25) is 0 Å². The number of unbranched alkanes of at least 4 members (excludes halogenated alkanes) is 1. The van der Waals surface area contributed by atoms with E-state index in [4.69, 9.17) is 0 Å². The van der Waals surface area contributed by atoms with E-state index in [9.17, 15) is 13.2 Å². The lowest BCUT2D eigenvalue weighted by atomic mass is 10.3. The van der Waals surface area contributed by atoms with Crippen LogP contribution in [0.1, 0.15) is 19.8 Å². The number of hydrogen-bond acceptors (Lipinski definition) is 0. The summed E-state index contributed by atoms with van der Waals surface area (Å²) >= 11 is 0. The quantitative estimate of drug-likeness (QED) is 0.420. The summed E-state index contributed by atoms with van der Waals surface area (Å²) < 4.78 is 33.6. The van der Waals surface area contributed by atoms with E-state index >= 15 is 0 Å². The smallest absolute Gasteiger partial charge is 0.154 e. The fraction of sp³-hybridized carbons (Fsp3) is 1.00. The highest BCUT2D eigenvalue weighted by Gasteiger charge is 2.27. The molecule has 0 rings (SSSR count). The van der Waals surface area contributed by atoms with Gasteiger partial charge in [0, 0.05) is 6.54 Å². The van der Waals surface area contributed by atoms with Gasteiger partial charge in [0.15, 0.2) is 0 Å². The molecule has 0 aromatic carbocycles. The lowest BCUT2D eigenvalue weighted by Crippen LogP contribution is -2.24. The maximum absolute atomic E-state index is 11.2. The molecule has 0 saturated heterocycles. The van der Waals surface area contributed by atoms with E-state index < -0.39 is 6.30 Å². The highest BCUT2D eigenvalue weighted by atomic mass is 19.4. The van der Waals surface area contributed by atoms with E-state index in [0.717, 1.165) is 6.42 Å². The summed E-state index contributed by atoms with van der Waals surface area (Å²) in [5.74, 6) is 0. The van der Waals surface area contributed by atoms with Gasteiger partial charge in [-0.1, -0.05) is 13.3 Å². The molecule has 0 unspecified atom stereocenters. The van der Waals surface area contributed by atoms with Crippen molar-refractivity contribution >= 4 is 0 Å². The molecule has 0 saturated carbocycles. The molecule has 0 bridgehead atoms. The Morgan fingerprint density at radius 3 is 2.22 bits per heavy atom. The molecule has 0 spiro atoms. The summed E-state index contributed by atoms with van der Waals surface area (Å²) in [4.78, 5) is 0. The first-order valence-electron chi connectivity index (χ1n) is 2.81. The van der Waals surface area contributed by atoms with Crippen LogP contribution in [0.25, 0.3) is 0 Å². The van der Waals surface area contributed by atoms with Crippen LogP contribution in [0, 0.1) is 0 Å². The summed E-state index contributed by atoms with van der Waals surface area (Å²) in [5.41, 5.74) is 0. The molecule has 1 nitrogen and oxygen atoms in total. The maximum atomic E-state index is 11.2. The average Bonchev–Trinajstić information content (AvgIpc) is 1.63. The fourth-order valence-electron chi connectivity index (χ4n) is 0.364. The van der Waals surface area contributed by atoms with Crippen LogP contribution in [0.2, 0.25) is 0 Å². The van der Waals surface area contributed by atoms with Crippen LogP contribution in [0.15, 0.2) is 0 Å². The van der Waals surface area contributed by atoms with Crippen molar-refractivity contribution in [2.75, 3.05) is 6.54 Å². The molecule has 0 fully saturated rings. The van der Waals surface area contributed by atoms with E-state index in [1.807, 2.05) is 6.92 Å². The van der Waals surface area contributed by atoms with Gasteiger partial charge in [-0.15, -0.1) is 5.32 Å². The van der Waals surface area contributed by atoms with E-state index in [1.54, 1.807) is 0 Å². The minimum absolute atomic E-state index is 0.0972. The van der Waals surface area contributed by atoms with Crippen molar-refractivity contribution in [3.8, 4) is 0 Å². The average molecular weight is 140 g/mol. The fourth-order valence-corrected chi connectivity index (χ4v) is 0.364. The molecular weight excluding hydrogens is 131 g/mol. The Bertz CT molecular complexity index is 69.1. The second kappa shape index (κ2) is 3.71. The van der Waals surface area contributed by atoms with Crippen LogP contribution in [0.5, 0.6) is 0 Å². The van der Waals surface area contributed by atoms with Gasteiger partial charge in [0.1, 0.15) is 0 Å². The van der Waals surface area contributed by atoms with Gasteiger partial charge in [0.05, 0.1) is 0 Å². The van der Waals surface area contributed by atoms with Gasteiger partial charge >= 0.3 is 6.30 Å². The number of hydrogen-bond donors (Lipinski definition) is 0. The molecule has 0 heterocycles. The number of rotatable bonds is 3. The SMILES string of the molecule is CCCC[N]C(F)(F)F. The molecule has 0 aromatic heterocycles. The van der Waals surface area contributed by atoms with Gasteiger partial charge in [0.2, 0.25) is 0 Å². The maximum Gasteiger partial charge on any atom is 0.473 e. The van der Waals surface area contributed by atoms with E-state index in [1.165, 1.54) is 0 Å².